The van der Waals surface area contributed by atoms with Crippen LogP contribution in [0, 0.1) is 0 Å². The lowest BCUT2D eigenvalue weighted by atomic mass is 10.0. The molecule has 0 saturated carbocycles. The Kier molecular flexibility index (Phi) is 10.9. The molecule has 0 radical (unpaired) electrons. The van der Waals surface area contributed by atoms with Crippen molar-refractivity contribution >= 4 is 35.6 Å². The molecule has 1 saturated heterocycles. The van der Waals surface area contributed by atoms with Crippen LogP contribution < -0.4 is 25.0 Å². The highest BCUT2D eigenvalue weighted by atomic mass is 127. The maximum atomic E-state index is 5.41. The van der Waals surface area contributed by atoms with Crippen LogP contribution in [-0.4, -0.2) is 53.5 Å². The van der Waals surface area contributed by atoms with E-state index in [2.05, 4.69) is 50.9 Å². The summed E-state index contributed by atoms with van der Waals surface area (Å²) in [6, 6.07) is 14.7. The Hall–Kier alpha value is -2.20. The average molecular weight is 554 g/mol. The minimum absolute atomic E-state index is 0. The third kappa shape index (κ3) is 7.16. The Bertz CT molecular complexity index is 848. The van der Waals surface area contributed by atoms with Crippen molar-refractivity contribution in [3.63, 3.8) is 0 Å². The molecule has 0 amide bonds. The normalized spacial score (nSPS) is 14.5. The molecule has 1 aliphatic heterocycles. The molecule has 2 aromatic carbocycles. The molecular formula is C24H35IN4O3. The van der Waals surface area contributed by atoms with E-state index in [9.17, 15) is 0 Å². The second kappa shape index (κ2) is 13.4. The maximum absolute atomic E-state index is 5.41. The Morgan fingerprint density at radius 3 is 2.19 bits per heavy atom. The summed E-state index contributed by atoms with van der Waals surface area (Å²) in [5, 5.41) is 7.02. The van der Waals surface area contributed by atoms with Gasteiger partial charge in [0.15, 0.2) is 5.96 Å². The first-order valence-electron chi connectivity index (χ1n) is 10.7. The average Bonchev–Trinajstić information content (AvgIpc) is 2.82. The van der Waals surface area contributed by atoms with Crippen LogP contribution in [0.5, 0.6) is 11.5 Å². The van der Waals surface area contributed by atoms with Crippen molar-refractivity contribution in [1.82, 2.24) is 10.6 Å². The van der Waals surface area contributed by atoms with Crippen molar-refractivity contribution in [2.75, 3.05) is 46.4 Å². The first-order chi connectivity index (χ1) is 15.2. The summed E-state index contributed by atoms with van der Waals surface area (Å²) in [6.07, 6.45) is 2.06. The highest BCUT2D eigenvalue weighted by molar-refractivity contribution is 14.0. The first kappa shape index (κ1) is 26.1. The first-order valence-corrected chi connectivity index (χ1v) is 10.7. The molecule has 1 aliphatic rings. The van der Waals surface area contributed by atoms with Gasteiger partial charge in [-0.1, -0.05) is 24.3 Å². The molecule has 0 unspecified atom stereocenters. The number of ether oxygens (including phenoxy) is 3. The third-order valence-electron chi connectivity index (χ3n) is 5.63. The van der Waals surface area contributed by atoms with E-state index in [0.29, 0.717) is 19.2 Å². The zero-order chi connectivity index (χ0) is 22.1. The van der Waals surface area contributed by atoms with Gasteiger partial charge in [-0.15, -0.1) is 24.0 Å². The van der Waals surface area contributed by atoms with Gasteiger partial charge < -0.3 is 29.7 Å². The van der Waals surface area contributed by atoms with Gasteiger partial charge in [-0.3, -0.25) is 4.99 Å². The van der Waals surface area contributed by atoms with Gasteiger partial charge in [-0.05, 0) is 24.0 Å². The summed E-state index contributed by atoms with van der Waals surface area (Å²) in [7, 11) is 6.90. The van der Waals surface area contributed by atoms with E-state index in [4.69, 9.17) is 14.2 Å². The monoisotopic (exact) mass is 554 g/mol. The van der Waals surface area contributed by atoms with Gasteiger partial charge in [0.05, 0.1) is 20.8 Å². The molecule has 2 aromatic rings. The van der Waals surface area contributed by atoms with Crippen molar-refractivity contribution in [2.45, 2.75) is 32.0 Å². The van der Waals surface area contributed by atoms with E-state index < -0.39 is 0 Å². The molecule has 0 bridgehead atoms. The molecule has 0 spiro atoms. The summed E-state index contributed by atoms with van der Waals surface area (Å²) in [4.78, 5) is 6.79. The Morgan fingerprint density at radius 1 is 1.00 bits per heavy atom. The van der Waals surface area contributed by atoms with Gasteiger partial charge in [0.25, 0.3) is 0 Å². The summed E-state index contributed by atoms with van der Waals surface area (Å²) in [5.41, 5.74) is 3.54. The number of piperidine rings is 1. The minimum Gasteiger partial charge on any atom is -0.497 e. The number of hydrogen-bond acceptors (Lipinski definition) is 5. The standard InChI is InChI=1S/C24H34N4O3.HI/c1-25-24(26-16-18-7-5-6-8-19(18)17-29-2)27-20-9-11-28(12-10-20)21-13-22(30-3)15-23(14-21)31-4;/h5-8,13-15,20H,9-12,16-17H2,1-4H3,(H2,25,26,27);1H. The number of anilines is 1. The van der Waals surface area contributed by atoms with Gasteiger partial charge in [-0.25, -0.2) is 0 Å². The molecule has 2 N–H and O–H groups in total. The second-order valence-electron chi connectivity index (χ2n) is 7.60. The van der Waals surface area contributed by atoms with E-state index in [1.165, 1.54) is 11.1 Å². The Morgan fingerprint density at radius 2 is 1.62 bits per heavy atom. The van der Waals surface area contributed by atoms with Crippen LogP contribution in [0.15, 0.2) is 47.5 Å². The molecule has 176 valence electrons. The number of benzene rings is 2. The molecule has 3 rings (SSSR count). The smallest absolute Gasteiger partial charge is 0.191 e. The minimum atomic E-state index is 0. The van der Waals surface area contributed by atoms with E-state index in [1.54, 1.807) is 21.3 Å². The fraction of sp³-hybridized carbons (Fsp3) is 0.458. The van der Waals surface area contributed by atoms with Gasteiger partial charge in [0.1, 0.15) is 11.5 Å². The van der Waals surface area contributed by atoms with E-state index in [0.717, 1.165) is 49.1 Å². The third-order valence-corrected chi connectivity index (χ3v) is 5.63. The lowest BCUT2D eigenvalue weighted by Crippen LogP contribution is -2.48. The number of methoxy groups -OCH3 is 3. The van der Waals surface area contributed by atoms with Crippen LogP contribution in [0.2, 0.25) is 0 Å². The molecular weight excluding hydrogens is 519 g/mol. The predicted octanol–water partition coefficient (Wildman–Crippen LogP) is 3.80. The van der Waals surface area contributed by atoms with E-state index >= 15 is 0 Å². The number of nitrogens with one attached hydrogen (secondary N) is 2. The van der Waals surface area contributed by atoms with E-state index in [1.807, 2.05) is 19.2 Å². The SMILES string of the molecule is CN=C(NCc1ccccc1COC)NC1CCN(c2cc(OC)cc(OC)c2)CC1.I. The van der Waals surface area contributed by atoms with Crippen molar-refractivity contribution < 1.29 is 14.2 Å². The maximum Gasteiger partial charge on any atom is 0.191 e. The lowest BCUT2D eigenvalue weighted by Gasteiger charge is -2.34. The number of halogens is 1. The molecule has 1 heterocycles. The Labute approximate surface area is 208 Å². The van der Waals surface area contributed by atoms with Crippen LogP contribution in [0.1, 0.15) is 24.0 Å². The summed E-state index contributed by atoms with van der Waals surface area (Å²) in [5.74, 6) is 2.45. The number of guanidine groups is 1. The van der Waals surface area contributed by atoms with Crippen LogP contribution >= 0.6 is 24.0 Å². The number of nitrogens with zero attached hydrogens (tertiary/aromatic N) is 2. The van der Waals surface area contributed by atoms with Crippen LogP contribution in [-0.2, 0) is 17.9 Å². The number of rotatable bonds is 8. The largest absolute Gasteiger partial charge is 0.497 e. The van der Waals surface area contributed by atoms with Crippen LogP contribution in [0.3, 0.4) is 0 Å². The van der Waals surface area contributed by atoms with Crippen LogP contribution in [0.4, 0.5) is 5.69 Å². The highest BCUT2D eigenvalue weighted by Crippen LogP contribution is 2.30. The molecule has 32 heavy (non-hydrogen) atoms. The summed E-state index contributed by atoms with van der Waals surface area (Å²) >= 11 is 0. The summed E-state index contributed by atoms with van der Waals surface area (Å²) < 4.78 is 16.1. The molecule has 0 aromatic heterocycles. The van der Waals surface area contributed by atoms with Crippen molar-refractivity contribution in [3.8, 4) is 11.5 Å². The molecule has 0 aliphatic carbocycles. The fourth-order valence-corrected chi connectivity index (χ4v) is 3.85. The topological polar surface area (TPSA) is 67.4 Å². The molecule has 1 fully saturated rings. The zero-order valence-corrected chi connectivity index (χ0v) is 21.7. The number of hydrogen-bond donors (Lipinski definition) is 2. The predicted molar refractivity (Wildman–Crippen MR) is 141 cm³/mol. The van der Waals surface area contributed by atoms with Gasteiger partial charge in [0.2, 0.25) is 0 Å². The van der Waals surface area contributed by atoms with Crippen LogP contribution in [0.25, 0.3) is 0 Å². The van der Waals surface area contributed by atoms with Gasteiger partial charge in [-0.2, -0.15) is 0 Å². The zero-order valence-electron chi connectivity index (χ0n) is 19.4. The van der Waals surface area contributed by atoms with Crippen molar-refractivity contribution in [3.05, 3.63) is 53.6 Å². The van der Waals surface area contributed by atoms with Gasteiger partial charge in [0, 0.05) is 63.7 Å². The van der Waals surface area contributed by atoms with E-state index in [-0.39, 0.29) is 24.0 Å². The molecule has 7 nitrogen and oxygen atoms in total. The van der Waals surface area contributed by atoms with Crippen molar-refractivity contribution in [2.24, 2.45) is 4.99 Å². The fourth-order valence-electron chi connectivity index (χ4n) is 3.85. The quantitative estimate of drug-likeness (QED) is 0.294. The number of aliphatic imine (C=N–C) groups is 1. The second-order valence-corrected chi connectivity index (χ2v) is 7.60. The molecule has 0 atom stereocenters. The molecule has 8 heteroatoms. The lowest BCUT2D eigenvalue weighted by molar-refractivity contribution is 0.184. The summed E-state index contributed by atoms with van der Waals surface area (Å²) in [6.45, 7) is 3.24. The van der Waals surface area contributed by atoms with Gasteiger partial charge >= 0.3 is 0 Å². The Balaban J connectivity index is 0.00000363. The van der Waals surface area contributed by atoms with Crippen molar-refractivity contribution in [1.29, 1.82) is 0 Å². The highest BCUT2D eigenvalue weighted by Gasteiger charge is 2.21.